The summed E-state index contributed by atoms with van der Waals surface area (Å²) < 4.78 is 0. The molecule has 0 aliphatic rings. The normalized spacial score (nSPS) is 12.4. The number of carboxylic acid groups (broad SMARTS) is 1. The zero-order chi connectivity index (χ0) is 14.7. The Labute approximate surface area is 113 Å². The fourth-order valence-corrected chi connectivity index (χ4v) is 1.32. The largest absolute Gasteiger partial charge is 0.480 e. The molecule has 19 heavy (non-hydrogen) atoms. The van der Waals surface area contributed by atoms with Gasteiger partial charge < -0.3 is 14.9 Å². The zero-order valence-corrected chi connectivity index (χ0v) is 12.2. The first-order valence-corrected chi connectivity index (χ1v) is 6.13. The monoisotopic (exact) mass is 267 g/mol. The zero-order valence-electron chi connectivity index (χ0n) is 12.2. The Bertz CT molecular complexity index is 435. The van der Waals surface area contributed by atoms with Crippen LogP contribution in [0.15, 0.2) is 0 Å². The van der Waals surface area contributed by atoms with Gasteiger partial charge in [0, 0.05) is 27.1 Å². The minimum Gasteiger partial charge on any atom is -0.480 e. The molecule has 0 bridgehead atoms. The van der Waals surface area contributed by atoms with Crippen molar-refractivity contribution in [2.45, 2.75) is 32.7 Å². The standard InChI is InChI=1S/C12H21N5O2/c1-7(2)9-13-11(16(4)5)15-12(14-9)17(6)8(3)10(18)19/h7-8H,1-6H3,(H,18,19). The molecule has 1 N–H and O–H groups in total. The molecule has 0 amide bonds. The number of rotatable bonds is 5. The fourth-order valence-electron chi connectivity index (χ4n) is 1.32. The summed E-state index contributed by atoms with van der Waals surface area (Å²) >= 11 is 0. The quantitative estimate of drug-likeness (QED) is 0.851. The van der Waals surface area contributed by atoms with Crippen molar-refractivity contribution in [1.29, 1.82) is 0 Å². The lowest BCUT2D eigenvalue weighted by molar-refractivity contribution is -0.138. The third kappa shape index (κ3) is 3.52. The van der Waals surface area contributed by atoms with Gasteiger partial charge >= 0.3 is 5.97 Å². The second-order valence-corrected chi connectivity index (χ2v) is 4.97. The van der Waals surface area contributed by atoms with Crippen LogP contribution in [0.3, 0.4) is 0 Å². The summed E-state index contributed by atoms with van der Waals surface area (Å²) in [5.74, 6) is 0.781. The van der Waals surface area contributed by atoms with Crippen molar-refractivity contribution in [2.75, 3.05) is 30.9 Å². The van der Waals surface area contributed by atoms with Crippen molar-refractivity contribution in [3.05, 3.63) is 5.82 Å². The van der Waals surface area contributed by atoms with Gasteiger partial charge in [-0.1, -0.05) is 13.8 Å². The van der Waals surface area contributed by atoms with E-state index in [-0.39, 0.29) is 5.92 Å². The third-order valence-corrected chi connectivity index (χ3v) is 2.80. The lowest BCUT2D eigenvalue weighted by Gasteiger charge is -2.23. The first kappa shape index (κ1) is 15.1. The van der Waals surface area contributed by atoms with Crippen LogP contribution in [0.25, 0.3) is 0 Å². The van der Waals surface area contributed by atoms with Gasteiger partial charge in [0.15, 0.2) is 0 Å². The minimum absolute atomic E-state index is 0.147. The van der Waals surface area contributed by atoms with E-state index < -0.39 is 12.0 Å². The van der Waals surface area contributed by atoms with Gasteiger partial charge in [-0.15, -0.1) is 0 Å². The molecule has 0 saturated heterocycles. The van der Waals surface area contributed by atoms with E-state index in [0.29, 0.717) is 17.7 Å². The average molecular weight is 267 g/mol. The first-order valence-electron chi connectivity index (χ1n) is 6.13. The van der Waals surface area contributed by atoms with Crippen LogP contribution < -0.4 is 9.80 Å². The molecule has 106 valence electrons. The Morgan fingerprint density at radius 1 is 1.05 bits per heavy atom. The molecule has 0 radical (unpaired) electrons. The second-order valence-electron chi connectivity index (χ2n) is 4.97. The Kier molecular flexibility index (Phi) is 4.63. The summed E-state index contributed by atoms with van der Waals surface area (Å²) in [6.07, 6.45) is 0. The summed E-state index contributed by atoms with van der Waals surface area (Å²) in [6.45, 7) is 5.56. The van der Waals surface area contributed by atoms with Gasteiger partial charge in [0.1, 0.15) is 11.9 Å². The van der Waals surface area contributed by atoms with E-state index >= 15 is 0 Å². The number of carbonyl (C=O) groups is 1. The van der Waals surface area contributed by atoms with Crippen molar-refractivity contribution in [3.63, 3.8) is 0 Å². The van der Waals surface area contributed by atoms with E-state index in [1.165, 1.54) is 4.90 Å². The number of likely N-dealkylation sites (N-methyl/N-ethyl adjacent to an activating group) is 1. The summed E-state index contributed by atoms with van der Waals surface area (Å²) in [6, 6.07) is -0.697. The molecule has 0 saturated carbocycles. The third-order valence-electron chi connectivity index (χ3n) is 2.80. The van der Waals surface area contributed by atoms with Crippen LogP contribution in [-0.4, -0.2) is 53.2 Å². The highest BCUT2D eigenvalue weighted by Gasteiger charge is 2.21. The van der Waals surface area contributed by atoms with Crippen LogP contribution >= 0.6 is 0 Å². The Hall–Kier alpha value is -1.92. The van der Waals surface area contributed by atoms with Crippen molar-refractivity contribution >= 4 is 17.9 Å². The van der Waals surface area contributed by atoms with Crippen LogP contribution in [0.5, 0.6) is 0 Å². The SMILES string of the molecule is CC(C)c1nc(N(C)C)nc(N(C)C(C)C(=O)O)n1. The van der Waals surface area contributed by atoms with Crippen LogP contribution in [0.2, 0.25) is 0 Å². The number of hydrogen-bond donors (Lipinski definition) is 1. The number of anilines is 2. The molecule has 0 spiro atoms. The smallest absolute Gasteiger partial charge is 0.326 e. The van der Waals surface area contributed by atoms with Gasteiger partial charge in [-0.2, -0.15) is 15.0 Å². The van der Waals surface area contributed by atoms with E-state index in [0.717, 1.165) is 0 Å². The van der Waals surface area contributed by atoms with Gasteiger partial charge in [-0.05, 0) is 6.92 Å². The molecule has 0 aliphatic carbocycles. The maximum atomic E-state index is 11.0. The highest BCUT2D eigenvalue weighted by molar-refractivity contribution is 5.76. The van der Waals surface area contributed by atoms with E-state index in [9.17, 15) is 4.79 Å². The molecule has 0 aliphatic heterocycles. The molecule has 1 heterocycles. The number of aliphatic carboxylic acids is 1. The van der Waals surface area contributed by atoms with Crippen LogP contribution in [0, 0.1) is 0 Å². The molecule has 1 atom stereocenters. The minimum atomic E-state index is -0.916. The molecular weight excluding hydrogens is 246 g/mol. The predicted molar refractivity (Wildman–Crippen MR) is 73.7 cm³/mol. The number of nitrogens with zero attached hydrogens (tertiary/aromatic N) is 5. The summed E-state index contributed by atoms with van der Waals surface area (Å²) in [7, 11) is 5.34. The van der Waals surface area contributed by atoms with Gasteiger partial charge in [0.05, 0.1) is 0 Å². The van der Waals surface area contributed by atoms with Crippen molar-refractivity contribution in [3.8, 4) is 0 Å². The Balaban J connectivity index is 3.23. The number of aromatic nitrogens is 3. The Morgan fingerprint density at radius 3 is 2.00 bits per heavy atom. The predicted octanol–water partition coefficient (Wildman–Crippen LogP) is 0.970. The van der Waals surface area contributed by atoms with Gasteiger partial charge in [0.2, 0.25) is 11.9 Å². The molecule has 0 aromatic carbocycles. The first-order chi connectivity index (χ1) is 8.73. The summed E-state index contributed by atoms with van der Waals surface area (Å²) in [5, 5.41) is 9.05. The topological polar surface area (TPSA) is 82.5 Å². The van der Waals surface area contributed by atoms with Gasteiger partial charge in [-0.25, -0.2) is 4.79 Å². The van der Waals surface area contributed by atoms with E-state index in [2.05, 4.69) is 15.0 Å². The lowest BCUT2D eigenvalue weighted by atomic mass is 10.2. The molecule has 0 fully saturated rings. The molecule has 1 unspecified atom stereocenters. The number of carboxylic acids is 1. The second kappa shape index (κ2) is 5.81. The van der Waals surface area contributed by atoms with E-state index in [1.54, 1.807) is 18.9 Å². The average Bonchev–Trinajstić information content (AvgIpc) is 2.36. The van der Waals surface area contributed by atoms with Crippen LogP contribution in [0.1, 0.15) is 32.5 Å². The van der Waals surface area contributed by atoms with Crippen LogP contribution in [-0.2, 0) is 4.79 Å². The summed E-state index contributed by atoms with van der Waals surface area (Å²) in [4.78, 5) is 27.3. The molecule has 1 aromatic heterocycles. The van der Waals surface area contributed by atoms with Crippen molar-refractivity contribution in [2.24, 2.45) is 0 Å². The maximum Gasteiger partial charge on any atom is 0.326 e. The molecule has 7 nitrogen and oxygen atoms in total. The highest BCUT2D eigenvalue weighted by Crippen LogP contribution is 2.18. The molecule has 1 aromatic rings. The summed E-state index contributed by atoms with van der Waals surface area (Å²) in [5.41, 5.74) is 0. The molecule has 7 heteroatoms. The Morgan fingerprint density at radius 2 is 1.58 bits per heavy atom. The fraction of sp³-hybridized carbons (Fsp3) is 0.667. The molecule has 1 rings (SSSR count). The van der Waals surface area contributed by atoms with E-state index in [4.69, 9.17) is 5.11 Å². The lowest BCUT2D eigenvalue weighted by Crippen LogP contribution is -2.37. The van der Waals surface area contributed by atoms with Crippen molar-refractivity contribution < 1.29 is 9.90 Å². The van der Waals surface area contributed by atoms with Gasteiger partial charge in [0.25, 0.3) is 0 Å². The van der Waals surface area contributed by atoms with Crippen LogP contribution in [0.4, 0.5) is 11.9 Å². The number of hydrogen-bond acceptors (Lipinski definition) is 6. The van der Waals surface area contributed by atoms with Gasteiger partial charge in [-0.3, -0.25) is 0 Å². The maximum absolute atomic E-state index is 11.0. The van der Waals surface area contributed by atoms with E-state index in [1.807, 2.05) is 27.9 Å². The highest BCUT2D eigenvalue weighted by atomic mass is 16.4. The van der Waals surface area contributed by atoms with Crippen molar-refractivity contribution in [1.82, 2.24) is 15.0 Å². The molecular formula is C12H21N5O2.